The molecule has 3 heteroatoms. The van der Waals surface area contributed by atoms with Crippen molar-refractivity contribution in [1.82, 2.24) is 10.2 Å². The Kier molecular flexibility index (Phi) is 4.02. The van der Waals surface area contributed by atoms with Crippen molar-refractivity contribution in [2.24, 2.45) is 0 Å². The molecule has 1 saturated heterocycles. The normalized spacial score (nSPS) is 28.2. The van der Waals surface area contributed by atoms with E-state index in [1.165, 1.54) is 32.4 Å². The second-order valence-electron chi connectivity index (χ2n) is 4.42. The molecule has 0 amide bonds. The third-order valence-corrected chi connectivity index (χ3v) is 3.02. The molecule has 1 unspecified atom stereocenters. The summed E-state index contributed by atoms with van der Waals surface area (Å²) in [5.41, 5.74) is 0. The fourth-order valence-corrected chi connectivity index (χ4v) is 2.41. The molecule has 0 aromatic heterocycles. The van der Waals surface area contributed by atoms with Crippen LogP contribution in [0.15, 0.2) is 0 Å². The van der Waals surface area contributed by atoms with Crippen molar-refractivity contribution in [1.29, 1.82) is 0 Å². The van der Waals surface area contributed by atoms with Crippen LogP contribution >= 0.6 is 12.4 Å². The first kappa shape index (κ1) is 11.3. The molecule has 2 rings (SSSR count). The van der Waals surface area contributed by atoms with Crippen LogP contribution in [0.2, 0.25) is 0 Å². The van der Waals surface area contributed by atoms with Crippen LogP contribution in [0, 0.1) is 0 Å². The minimum absolute atomic E-state index is 0. The van der Waals surface area contributed by atoms with Crippen molar-refractivity contribution in [3.05, 3.63) is 0 Å². The van der Waals surface area contributed by atoms with E-state index in [9.17, 15) is 0 Å². The van der Waals surface area contributed by atoms with Gasteiger partial charge in [-0.1, -0.05) is 0 Å². The molecule has 0 radical (unpaired) electrons. The van der Waals surface area contributed by atoms with Crippen molar-refractivity contribution in [2.75, 3.05) is 13.1 Å². The van der Waals surface area contributed by atoms with E-state index in [1.807, 2.05) is 0 Å². The van der Waals surface area contributed by atoms with E-state index in [4.69, 9.17) is 0 Å². The highest BCUT2D eigenvalue weighted by Crippen LogP contribution is 2.31. The Balaban J connectivity index is 0.000000845. The number of nitrogens with one attached hydrogen (secondary N) is 1. The van der Waals surface area contributed by atoms with Crippen LogP contribution in [-0.2, 0) is 0 Å². The summed E-state index contributed by atoms with van der Waals surface area (Å²) in [5, 5.41) is 3.45. The summed E-state index contributed by atoms with van der Waals surface area (Å²) < 4.78 is 0. The van der Waals surface area contributed by atoms with Crippen LogP contribution in [-0.4, -0.2) is 36.1 Å². The van der Waals surface area contributed by atoms with Gasteiger partial charge in [0.05, 0.1) is 0 Å². The van der Waals surface area contributed by atoms with Crippen LogP contribution in [0.3, 0.4) is 0 Å². The van der Waals surface area contributed by atoms with Gasteiger partial charge in [0.2, 0.25) is 0 Å². The van der Waals surface area contributed by atoms with Crippen LogP contribution in [0.5, 0.6) is 0 Å². The van der Waals surface area contributed by atoms with Gasteiger partial charge in [-0.25, -0.2) is 0 Å². The molecule has 2 aliphatic rings. The summed E-state index contributed by atoms with van der Waals surface area (Å²) >= 11 is 0. The van der Waals surface area contributed by atoms with Gasteiger partial charge in [-0.15, -0.1) is 12.4 Å². The summed E-state index contributed by atoms with van der Waals surface area (Å²) in [7, 11) is 0. The fraction of sp³-hybridized carbons (Fsp3) is 1.00. The fourth-order valence-electron chi connectivity index (χ4n) is 2.41. The van der Waals surface area contributed by atoms with Crippen molar-refractivity contribution >= 4 is 12.4 Å². The minimum atomic E-state index is 0. The first-order valence-corrected chi connectivity index (χ1v) is 5.27. The van der Waals surface area contributed by atoms with Gasteiger partial charge in [-0.2, -0.15) is 0 Å². The first-order valence-electron chi connectivity index (χ1n) is 5.27. The maximum Gasteiger partial charge on any atom is 0.0238 e. The zero-order chi connectivity index (χ0) is 8.55. The summed E-state index contributed by atoms with van der Waals surface area (Å²) in [6.45, 7) is 7.10. The van der Waals surface area contributed by atoms with Gasteiger partial charge >= 0.3 is 0 Å². The zero-order valence-corrected chi connectivity index (χ0v) is 9.44. The molecular formula is C10H21ClN2. The second-order valence-corrected chi connectivity index (χ2v) is 4.42. The average Bonchev–Trinajstić information content (AvgIpc) is 2.65. The molecule has 1 aliphatic heterocycles. The van der Waals surface area contributed by atoms with Crippen LogP contribution in [0.4, 0.5) is 0 Å². The van der Waals surface area contributed by atoms with Crippen LogP contribution in [0.1, 0.15) is 33.1 Å². The summed E-state index contributed by atoms with van der Waals surface area (Å²) in [5.74, 6) is 0. The average molecular weight is 205 g/mol. The number of hydrogen-bond donors (Lipinski definition) is 1. The SMILES string of the molecule is CC(C)N(C1CC1)C1CCNC1.Cl. The molecule has 2 fully saturated rings. The lowest BCUT2D eigenvalue weighted by Crippen LogP contribution is -2.43. The molecule has 78 valence electrons. The summed E-state index contributed by atoms with van der Waals surface area (Å²) in [6.07, 6.45) is 4.23. The summed E-state index contributed by atoms with van der Waals surface area (Å²) in [4.78, 5) is 2.72. The molecule has 1 atom stereocenters. The Hall–Kier alpha value is 0.210. The standard InChI is InChI=1S/C10H20N2.ClH/c1-8(2)12(9-3-4-9)10-5-6-11-7-10;/h8-11H,3-7H2,1-2H3;1H. The lowest BCUT2D eigenvalue weighted by atomic mass is 10.1. The second kappa shape index (κ2) is 4.63. The molecule has 1 N–H and O–H groups in total. The molecular weight excluding hydrogens is 184 g/mol. The van der Waals surface area contributed by atoms with Gasteiger partial charge < -0.3 is 5.32 Å². The molecule has 0 aromatic rings. The van der Waals surface area contributed by atoms with Gasteiger partial charge in [-0.3, -0.25) is 4.90 Å². The molecule has 0 aromatic carbocycles. The number of rotatable bonds is 3. The lowest BCUT2D eigenvalue weighted by Gasteiger charge is -2.32. The van der Waals surface area contributed by atoms with Gasteiger partial charge in [0.25, 0.3) is 0 Å². The Morgan fingerprint density at radius 3 is 2.23 bits per heavy atom. The van der Waals surface area contributed by atoms with E-state index in [-0.39, 0.29) is 12.4 Å². The maximum atomic E-state index is 3.45. The van der Waals surface area contributed by atoms with Crippen molar-refractivity contribution in [3.63, 3.8) is 0 Å². The molecule has 1 heterocycles. The van der Waals surface area contributed by atoms with E-state index in [0.717, 1.165) is 18.1 Å². The topological polar surface area (TPSA) is 15.3 Å². The van der Waals surface area contributed by atoms with Crippen molar-refractivity contribution in [2.45, 2.75) is 51.2 Å². The van der Waals surface area contributed by atoms with E-state index >= 15 is 0 Å². The van der Waals surface area contributed by atoms with Crippen LogP contribution < -0.4 is 5.32 Å². The first-order chi connectivity index (χ1) is 5.79. The summed E-state index contributed by atoms with van der Waals surface area (Å²) in [6, 6.07) is 2.50. The van der Waals surface area contributed by atoms with E-state index < -0.39 is 0 Å². The Morgan fingerprint density at radius 1 is 1.15 bits per heavy atom. The maximum absolute atomic E-state index is 3.45. The highest BCUT2D eigenvalue weighted by Gasteiger charge is 2.36. The van der Waals surface area contributed by atoms with Crippen molar-refractivity contribution < 1.29 is 0 Å². The molecule has 13 heavy (non-hydrogen) atoms. The molecule has 0 spiro atoms. The largest absolute Gasteiger partial charge is 0.315 e. The predicted octanol–water partition coefficient (Wildman–Crippen LogP) is 1.64. The van der Waals surface area contributed by atoms with E-state index in [2.05, 4.69) is 24.1 Å². The molecule has 2 nitrogen and oxygen atoms in total. The Bertz CT molecular complexity index is 149. The van der Waals surface area contributed by atoms with E-state index in [1.54, 1.807) is 0 Å². The highest BCUT2D eigenvalue weighted by molar-refractivity contribution is 5.85. The highest BCUT2D eigenvalue weighted by atomic mass is 35.5. The van der Waals surface area contributed by atoms with Gasteiger partial charge in [0, 0.05) is 24.7 Å². The molecule has 1 saturated carbocycles. The lowest BCUT2D eigenvalue weighted by molar-refractivity contribution is 0.153. The Morgan fingerprint density at radius 2 is 1.85 bits per heavy atom. The third kappa shape index (κ3) is 2.58. The molecule has 1 aliphatic carbocycles. The third-order valence-electron chi connectivity index (χ3n) is 3.02. The van der Waals surface area contributed by atoms with Gasteiger partial charge in [0.1, 0.15) is 0 Å². The zero-order valence-electron chi connectivity index (χ0n) is 8.62. The molecule has 0 bridgehead atoms. The monoisotopic (exact) mass is 204 g/mol. The number of nitrogens with zero attached hydrogens (tertiary/aromatic N) is 1. The van der Waals surface area contributed by atoms with E-state index in [0.29, 0.717) is 0 Å². The predicted molar refractivity (Wildman–Crippen MR) is 58.5 cm³/mol. The number of hydrogen-bond acceptors (Lipinski definition) is 2. The van der Waals surface area contributed by atoms with Crippen molar-refractivity contribution in [3.8, 4) is 0 Å². The Labute approximate surface area is 87.5 Å². The van der Waals surface area contributed by atoms with Gasteiger partial charge in [0.15, 0.2) is 0 Å². The van der Waals surface area contributed by atoms with Crippen LogP contribution in [0.25, 0.3) is 0 Å². The minimum Gasteiger partial charge on any atom is -0.315 e. The van der Waals surface area contributed by atoms with Gasteiger partial charge in [-0.05, 0) is 39.7 Å². The smallest absolute Gasteiger partial charge is 0.0238 e. The quantitative estimate of drug-likeness (QED) is 0.752. The number of halogens is 1.